The molecule has 0 saturated carbocycles. The molecule has 0 spiro atoms. The quantitative estimate of drug-likeness (QED) is 0.738. The molecule has 0 aliphatic rings. The normalized spacial score (nSPS) is 10.5. The lowest BCUT2D eigenvalue weighted by atomic mass is 10.2. The van der Waals surface area contributed by atoms with Crippen LogP contribution in [0.25, 0.3) is 11.5 Å². The molecule has 0 bridgehead atoms. The van der Waals surface area contributed by atoms with Crippen molar-refractivity contribution in [1.82, 2.24) is 15.1 Å². The molecule has 0 radical (unpaired) electrons. The summed E-state index contributed by atoms with van der Waals surface area (Å²) >= 11 is 0. The van der Waals surface area contributed by atoms with Crippen LogP contribution in [0, 0.1) is 0 Å². The van der Waals surface area contributed by atoms with Crippen molar-refractivity contribution in [3.63, 3.8) is 0 Å². The fourth-order valence-corrected chi connectivity index (χ4v) is 2.20. The van der Waals surface area contributed by atoms with Gasteiger partial charge in [-0.15, -0.1) is 0 Å². The molecule has 1 aromatic carbocycles. The van der Waals surface area contributed by atoms with E-state index in [4.69, 9.17) is 10.2 Å². The molecular weight excluding hydrogens is 308 g/mol. The first-order valence-electron chi connectivity index (χ1n) is 7.35. The Morgan fingerprint density at radius 1 is 1.21 bits per heavy atom. The standard InChI is InChI=1S/C17H16N4O3/c18-13-9-14(15-7-4-8-24-15)20-21(17(13)23)11-16(22)19-10-12-5-2-1-3-6-12/h1-9H,10-11,18H2,(H,19,22). The number of rotatable bonds is 5. The molecule has 0 aliphatic carbocycles. The zero-order valence-corrected chi connectivity index (χ0v) is 12.8. The van der Waals surface area contributed by atoms with Gasteiger partial charge < -0.3 is 15.5 Å². The van der Waals surface area contributed by atoms with Crippen molar-refractivity contribution in [1.29, 1.82) is 0 Å². The Balaban J connectivity index is 1.74. The van der Waals surface area contributed by atoms with Crippen LogP contribution < -0.4 is 16.6 Å². The third kappa shape index (κ3) is 3.52. The molecule has 0 saturated heterocycles. The number of hydrogen-bond acceptors (Lipinski definition) is 5. The lowest BCUT2D eigenvalue weighted by Crippen LogP contribution is -2.34. The maximum atomic E-state index is 12.1. The second kappa shape index (κ2) is 6.82. The maximum Gasteiger partial charge on any atom is 0.290 e. The van der Waals surface area contributed by atoms with Crippen LogP contribution >= 0.6 is 0 Å². The average Bonchev–Trinajstić information content (AvgIpc) is 3.12. The van der Waals surface area contributed by atoms with E-state index in [0.717, 1.165) is 10.2 Å². The van der Waals surface area contributed by atoms with E-state index in [2.05, 4.69) is 10.4 Å². The van der Waals surface area contributed by atoms with E-state index in [1.54, 1.807) is 12.1 Å². The van der Waals surface area contributed by atoms with Gasteiger partial charge in [0, 0.05) is 6.54 Å². The zero-order valence-electron chi connectivity index (χ0n) is 12.8. The van der Waals surface area contributed by atoms with Gasteiger partial charge in [-0.2, -0.15) is 5.10 Å². The van der Waals surface area contributed by atoms with Crippen LogP contribution in [0.3, 0.4) is 0 Å². The van der Waals surface area contributed by atoms with Gasteiger partial charge in [0.1, 0.15) is 17.9 Å². The number of nitrogen functional groups attached to an aromatic ring is 1. The first-order valence-corrected chi connectivity index (χ1v) is 7.35. The molecule has 3 rings (SSSR count). The summed E-state index contributed by atoms with van der Waals surface area (Å²) in [6.45, 7) is 0.159. The number of hydrogen-bond donors (Lipinski definition) is 2. The fraction of sp³-hybridized carbons (Fsp3) is 0.118. The average molecular weight is 324 g/mol. The summed E-state index contributed by atoms with van der Waals surface area (Å²) < 4.78 is 6.28. The van der Waals surface area contributed by atoms with Crippen LogP contribution in [0.1, 0.15) is 5.56 Å². The lowest BCUT2D eigenvalue weighted by molar-refractivity contribution is -0.122. The Hall–Kier alpha value is -3.35. The monoisotopic (exact) mass is 324 g/mol. The highest BCUT2D eigenvalue weighted by Gasteiger charge is 2.12. The second-order valence-corrected chi connectivity index (χ2v) is 5.19. The van der Waals surface area contributed by atoms with Gasteiger partial charge in [0.2, 0.25) is 5.91 Å². The molecule has 7 nitrogen and oxygen atoms in total. The van der Waals surface area contributed by atoms with Crippen molar-refractivity contribution in [3.8, 4) is 11.5 Å². The third-order valence-corrected chi connectivity index (χ3v) is 3.40. The fourth-order valence-electron chi connectivity index (χ4n) is 2.20. The van der Waals surface area contributed by atoms with Crippen LogP contribution in [-0.2, 0) is 17.9 Å². The third-order valence-electron chi connectivity index (χ3n) is 3.40. The van der Waals surface area contributed by atoms with E-state index in [1.165, 1.54) is 12.3 Å². The maximum absolute atomic E-state index is 12.1. The molecule has 1 amide bonds. The van der Waals surface area contributed by atoms with Gasteiger partial charge in [0.05, 0.1) is 6.26 Å². The molecular formula is C17H16N4O3. The number of amides is 1. The molecule has 2 heterocycles. The Morgan fingerprint density at radius 3 is 2.71 bits per heavy atom. The minimum absolute atomic E-state index is 0.00672. The van der Waals surface area contributed by atoms with Gasteiger partial charge in [0.25, 0.3) is 5.56 Å². The number of benzene rings is 1. The molecule has 0 unspecified atom stereocenters. The topological polar surface area (TPSA) is 103 Å². The molecule has 0 fully saturated rings. The predicted octanol–water partition coefficient (Wildman–Crippen LogP) is 1.40. The number of carbonyl (C=O) groups excluding carboxylic acids is 1. The van der Waals surface area contributed by atoms with E-state index in [0.29, 0.717) is 18.0 Å². The Kier molecular flexibility index (Phi) is 4.42. The molecule has 3 aromatic rings. The van der Waals surface area contributed by atoms with Crippen molar-refractivity contribution in [2.45, 2.75) is 13.1 Å². The molecule has 7 heteroatoms. The van der Waals surface area contributed by atoms with Crippen molar-refractivity contribution in [2.75, 3.05) is 5.73 Å². The summed E-state index contributed by atoms with van der Waals surface area (Å²) in [5.74, 6) is 0.143. The van der Waals surface area contributed by atoms with Crippen molar-refractivity contribution in [2.24, 2.45) is 0 Å². The van der Waals surface area contributed by atoms with Gasteiger partial charge in [-0.1, -0.05) is 30.3 Å². The van der Waals surface area contributed by atoms with Crippen LogP contribution in [0.5, 0.6) is 0 Å². The lowest BCUT2D eigenvalue weighted by Gasteiger charge is -2.09. The van der Waals surface area contributed by atoms with Crippen molar-refractivity contribution in [3.05, 3.63) is 70.7 Å². The molecule has 2 aromatic heterocycles. The summed E-state index contributed by atoms with van der Waals surface area (Å²) in [6, 6.07) is 14.3. The van der Waals surface area contributed by atoms with Crippen LogP contribution in [0.4, 0.5) is 5.69 Å². The minimum Gasteiger partial charge on any atom is -0.463 e. The highest BCUT2D eigenvalue weighted by atomic mass is 16.3. The van der Waals surface area contributed by atoms with Crippen molar-refractivity contribution >= 4 is 11.6 Å². The Morgan fingerprint density at radius 2 is 2.00 bits per heavy atom. The van der Waals surface area contributed by atoms with Gasteiger partial charge in [0.15, 0.2) is 5.76 Å². The van der Waals surface area contributed by atoms with Gasteiger partial charge in [-0.25, -0.2) is 4.68 Å². The summed E-state index contributed by atoms with van der Waals surface area (Å²) in [7, 11) is 0. The van der Waals surface area contributed by atoms with E-state index >= 15 is 0 Å². The number of anilines is 1. The van der Waals surface area contributed by atoms with Crippen LogP contribution in [-0.4, -0.2) is 15.7 Å². The first-order chi connectivity index (χ1) is 11.6. The predicted molar refractivity (Wildman–Crippen MR) is 88.9 cm³/mol. The molecule has 0 aliphatic heterocycles. The molecule has 3 N–H and O–H groups in total. The Bertz CT molecular complexity index is 886. The Labute approximate surface area is 137 Å². The van der Waals surface area contributed by atoms with E-state index in [-0.39, 0.29) is 18.1 Å². The second-order valence-electron chi connectivity index (χ2n) is 5.19. The van der Waals surface area contributed by atoms with Crippen LogP contribution in [0.15, 0.2) is 64.0 Å². The minimum atomic E-state index is -0.514. The van der Waals surface area contributed by atoms with E-state index < -0.39 is 5.56 Å². The SMILES string of the molecule is Nc1cc(-c2ccco2)nn(CC(=O)NCc2ccccc2)c1=O. The molecule has 122 valence electrons. The highest BCUT2D eigenvalue weighted by molar-refractivity contribution is 5.75. The number of carbonyl (C=O) groups is 1. The van der Waals surface area contributed by atoms with Crippen molar-refractivity contribution < 1.29 is 9.21 Å². The highest BCUT2D eigenvalue weighted by Crippen LogP contribution is 2.17. The molecule has 24 heavy (non-hydrogen) atoms. The van der Waals surface area contributed by atoms with E-state index in [1.807, 2.05) is 30.3 Å². The van der Waals surface area contributed by atoms with Gasteiger partial charge in [-0.3, -0.25) is 9.59 Å². The first kappa shape index (κ1) is 15.5. The smallest absolute Gasteiger partial charge is 0.290 e. The number of aromatic nitrogens is 2. The summed E-state index contributed by atoms with van der Waals surface area (Å²) in [5.41, 5.74) is 6.58. The van der Waals surface area contributed by atoms with E-state index in [9.17, 15) is 9.59 Å². The van der Waals surface area contributed by atoms with Gasteiger partial charge in [-0.05, 0) is 23.8 Å². The summed E-state index contributed by atoms with van der Waals surface area (Å²) in [6.07, 6.45) is 1.50. The number of nitrogens with one attached hydrogen (secondary N) is 1. The summed E-state index contributed by atoms with van der Waals surface area (Å²) in [5, 5.41) is 6.89. The number of furan rings is 1. The number of nitrogens with two attached hydrogens (primary N) is 1. The largest absolute Gasteiger partial charge is 0.463 e. The molecule has 0 atom stereocenters. The summed E-state index contributed by atoms with van der Waals surface area (Å²) in [4.78, 5) is 24.1. The van der Waals surface area contributed by atoms with Crippen LogP contribution in [0.2, 0.25) is 0 Å². The van der Waals surface area contributed by atoms with Gasteiger partial charge >= 0.3 is 0 Å². The zero-order chi connectivity index (χ0) is 16.9. The number of nitrogens with zero attached hydrogens (tertiary/aromatic N) is 2.